The molecule has 0 spiro atoms. The van der Waals surface area contributed by atoms with E-state index in [1.165, 1.54) is 121 Å². The van der Waals surface area contributed by atoms with Crippen molar-refractivity contribution in [3.05, 3.63) is 133 Å². The van der Waals surface area contributed by atoms with Crippen molar-refractivity contribution in [3.8, 4) is 11.1 Å². The van der Waals surface area contributed by atoms with E-state index in [0.29, 0.717) is 6.04 Å². The van der Waals surface area contributed by atoms with Gasteiger partial charge in [0, 0.05) is 44.1 Å². The van der Waals surface area contributed by atoms with Gasteiger partial charge in [-0.05, 0) is 123 Å². The molecule has 6 heteroatoms. The highest BCUT2D eigenvalue weighted by Gasteiger charge is 2.18. The third kappa shape index (κ3) is 26.1. The van der Waals surface area contributed by atoms with Crippen molar-refractivity contribution < 1.29 is 0 Å². The zero-order chi connectivity index (χ0) is 46.5. The zero-order valence-electron chi connectivity index (χ0n) is 41.6. The fourth-order valence-electron chi connectivity index (χ4n) is 7.42. The molecular formula is C57H92N6. The van der Waals surface area contributed by atoms with Gasteiger partial charge in [0.15, 0.2) is 0 Å². The summed E-state index contributed by atoms with van der Waals surface area (Å²) >= 11 is 0. The summed E-state index contributed by atoms with van der Waals surface area (Å²) < 4.78 is 0. The number of nitrogens with two attached hydrogens (primary N) is 1. The van der Waals surface area contributed by atoms with E-state index in [2.05, 4.69) is 161 Å². The van der Waals surface area contributed by atoms with Gasteiger partial charge in [0.25, 0.3) is 0 Å². The fourth-order valence-corrected chi connectivity index (χ4v) is 7.42. The first kappa shape index (κ1) is 56.6. The highest BCUT2D eigenvalue weighted by Crippen LogP contribution is 2.33. The number of nitrogens with one attached hydrogen (secondary N) is 3. The van der Waals surface area contributed by atoms with Crippen molar-refractivity contribution in [2.24, 2.45) is 5.73 Å². The van der Waals surface area contributed by atoms with E-state index in [1.54, 1.807) is 6.20 Å². The van der Waals surface area contributed by atoms with Gasteiger partial charge < -0.3 is 21.7 Å². The molecule has 63 heavy (non-hydrogen) atoms. The van der Waals surface area contributed by atoms with Crippen LogP contribution in [0.5, 0.6) is 0 Å². The molecule has 0 saturated carbocycles. The molecule has 1 atom stereocenters. The maximum atomic E-state index is 4.85. The van der Waals surface area contributed by atoms with Crippen LogP contribution >= 0.6 is 0 Å². The molecule has 350 valence electrons. The molecule has 0 fully saturated rings. The number of allylic oxidation sites excluding steroid dienone is 1. The van der Waals surface area contributed by atoms with Crippen molar-refractivity contribution in [2.75, 3.05) is 45.1 Å². The molecule has 0 aliphatic heterocycles. The number of anilines is 1. The average Bonchev–Trinajstić information content (AvgIpc) is 3.28. The van der Waals surface area contributed by atoms with Gasteiger partial charge in [-0.2, -0.15) is 0 Å². The van der Waals surface area contributed by atoms with Gasteiger partial charge in [0.1, 0.15) is 5.82 Å². The number of hydrogen-bond donors (Lipinski definition) is 4. The van der Waals surface area contributed by atoms with Crippen molar-refractivity contribution in [1.82, 2.24) is 20.5 Å². The van der Waals surface area contributed by atoms with Crippen LogP contribution < -0.4 is 21.7 Å². The molecule has 0 radical (unpaired) electrons. The van der Waals surface area contributed by atoms with Gasteiger partial charge in [-0.1, -0.05) is 178 Å². The van der Waals surface area contributed by atoms with E-state index >= 15 is 0 Å². The van der Waals surface area contributed by atoms with Crippen molar-refractivity contribution in [2.45, 2.75) is 157 Å². The van der Waals surface area contributed by atoms with Crippen molar-refractivity contribution in [1.29, 1.82) is 0 Å². The molecule has 4 aromatic rings. The Morgan fingerprint density at radius 2 is 1.33 bits per heavy atom. The maximum Gasteiger partial charge on any atom is 0.126 e. The summed E-state index contributed by atoms with van der Waals surface area (Å²) in [5.74, 6) is 0.939. The lowest BCUT2D eigenvalue weighted by Crippen LogP contribution is -2.28. The standard InChI is InChI=1S/C37H46N4.C13H28.C5H11N.C2H7N/c1-27(2)25-36(32-17-15-31(16-18-32)34-19-14-29(4)33-12-7-8-13-35(33)34)41(6)24-10-22-38-30(5)11-9-21-39-37-26-28(3)20-23-40-37;1-3-5-7-9-11-13-12-10-8-6-4-2;1-3-5-6-4-2;1-2-3/h7-8,12-20,23,26,36,38H,1,5,9-11,21-22,24-25H2,2-4,6H3,(H,39,40);3-13H2,1-2H3;4,6H,2-3,5H2,1H3;2-3H2,1H3. The molecule has 0 amide bonds. The Bertz CT molecular complexity index is 1750. The molecule has 0 bridgehead atoms. The fraction of sp³-hybridized carbons (Fsp3) is 0.526. The van der Waals surface area contributed by atoms with Crippen LogP contribution in [0.15, 0.2) is 116 Å². The summed E-state index contributed by atoms with van der Waals surface area (Å²) in [5, 5.41) is 12.5. The van der Waals surface area contributed by atoms with Crippen molar-refractivity contribution >= 4 is 16.6 Å². The van der Waals surface area contributed by atoms with Gasteiger partial charge in [-0.25, -0.2) is 4.98 Å². The van der Waals surface area contributed by atoms with E-state index in [1.807, 2.05) is 19.2 Å². The predicted octanol–water partition coefficient (Wildman–Crippen LogP) is 15.3. The van der Waals surface area contributed by atoms with Crippen LogP contribution in [0.2, 0.25) is 0 Å². The summed E-state index contributed by atoms with van der Waals surface area (Å²) in [7, 11) is 2.23. The minimum Gasteiger partial charge on any atom is -0.391 e. The lowest BCUT2D eigenvalue weighted by atomic mass is 9.93. The Morgan fingerprint density at radius 1 is 0.730 bits per heavy atom. The Kier molecular flexibility index (Phi) is 33.3. The summed E-state index contributed by atoms with van der Waals surface area (Å²) in [4.78, 5) is 6.83. The number of fused-ring (bicyclic) bond motifs is 1. The van der Waals surface area contributed by atoms with Gasteiger partial charge in [-0.3, -0.25) is 4.90 Å². The van der Waals surface area contributed by atoms with Crippen LogP contribution in [0, 0.1) is 13.8 Å². The summed E-state index contributed by atoms with van der Waals surface area (Å²) in [6.45, 7) is 31.5. The van der Waals surface area contributed by atoms with E-state index in [9.17, 15) is 0 Å². The molecule has 1 aromatic heterocycles. The number of aromatic nitrogens is 1. The second-order valence-electron chi connectivity index (χ2n) is 17.1. The first-order valence-corrected chi connectivity index (χ1v) is 24.6. The molecule has 6 nitrogen and oxygen atoms in total. The first-order chi connectivity index (χ1) is 30.6. The third-order valence-corrected chi connectivity index (χ3v) is 11.0. The smallest absolute Gasteiger partial charge is 0.126 e. The number of nitrogens with zero attached hydrogens (tertiary/aromatic N) is 2. The summed E-state index contributed by atoms with van der Waals surface area (Å²) in [6, 6.07) is 26.7. The van der Waals surface area contributed by atoms with Crippen LogP contribution in [0.4, 0.5) is 5.82 Å². The topological polar surface area (TPSA) is 78.2 Å². The minimum absolute atomic E-state index is 0.306. The van der Waals surface area contributed by atoms with Crippen LogP contribution in [0.1, 0.15) is 160 Å². The van der Waals surface area contributed by atoms with E-state index in [4.69, 9.17) is 5.73 Å². The molecule has 0 aliphatic carbocycles. The van der Waals surface area contributed by atoms with Gasteiger partial charge in [-0.15, -0.1) is 6.58 Å². The summed E-state index contributed by atoms with van der Waals surface area (Å²) in [6.07, 6.45) is 24.7. The predicted molar refractivity (Wildman–Crippen MR) is 283 cm³/mol. The van der Waals surface area contributed by atoms with Crippen LogP contribution in [-0.4, -0.2) is 49.7 Å². The van der Waals surface area contributed by atoms with Gasteiger partial charge >= 0.3 is 0 Å². The minimum atomic E-state index is 0.306. The second kappa shape index (κ2) is 37.0. The molecule has 5 N–H and O–H groups in total. The Morgan fingerprint density at radius 3 is 1.87 bits per heavy atom. The van der Waals surface area contributed by atoms with E-state index in [-0.39, 0.29) is 0 Å². The summed E-state index contributed by atoms with van der Waals surface area (Å²) in [5.41, 5.74) is 13.6. The number of aryl methyl sites for hydroxylation is 2. The van der Waals surface area contributed by atoms with E-state index in [0.717, 1.165) is 69.9 Å². The van der Waals surface area contributed by atoms with Gasteiger partial charge in [0.05, 0.1) is 0 Å². The second-order valence-corrected chi connectivity index (χ2v) is 17.1. The Hall–Kier alpha value is -4.39. The number of rotatable bonds is 28. The largest absolute Gasteiger partial charge is 0.391 e. The van der Waals surface area contributed by atoms with Crippen LogP contribution in [-0.2, 0) is 0 Å². The highest BCUT2D eigenvalue weighted by molar-refractivity contribution is 5.98. The average molecular weight is 861 g/mol. The Labute approximate surface area is 387 Å². The molecule has 1 unspecified atom stereocenters. The third-order valence-electron chi connectivity index (χ3n) is 11.0. The molecule has 4 rings (SSSR count). The number of unbranched alkanes of at least 4 members (excludes halogenated alkanes) is 10. The lowest BCUT2D eigenvalue weighted by molar-refractivity contribution is 0.240. The van der Waals surface area contributed by atoms with Gasteiger partial charge in [0.2, 0.25) is 0 Å². The van der Waals surface area contributed by atoms with E-state index < -0.39 is 0 Å². The SMILES string of the molecule is C=C(C)CC(c1ccc(-c2ccc(C)c3ccccc23)cc1)N(C)CCCNC(=C)CCCNc1cc(C)ccn1.C=CNCCC.CCCCCCCCCCCCC.CCN. The molecular weight excluding hydrogens is 769 g/mol. The highest BCUT2D eigenvalue weighted by atomic mass is 15.1. The monoisotopic (exact) mass is 861 g/mol. The molecule has 0 saturated heterocycles. The first-order valence-electron chi connectivity index (χ1n) is 24.6. The zero-order valence-corrected chi connectivity index (χ0v) is 41.6. The Balaban J connectivity index is 0.000000744. The molecule has 1 heterocycles. The lowest BCUT2D eigenvalue weighted by Gasteiger charge is -2.29. The number of benzene rings is 3. The van der Waals surface area contributed by atoms with Crippen LogP contribution in [0.3, 0.4) is 0 Å². The number of pyridine rings is 1. The van der Waals surface area contributed by atoms with Crippen molar-refractivity contribution in [3.63, 3.8) is 0 Å². The molecule has 0 aliphatic rings. The normalized spacial score (nSPS) is 11.0. The molecule has 3 aromatic carbocycles. The van der Waals surface area contributed by atoms with Crippen LogP contribution in [0.25, 0.3) is 21.9 Å². The number of hydrogen-bond acceptors (Lipinski definition) is 6. The maximum absolute atomic E-state index is 4.85. The quantitative estimate of drug-likeness (QED) is 0.0337.